The van der Waals surface area contributed by atoms with Crippen LogP contribution in [0.5, 0.6) is 11.5 Å². The molecule has 0 aromatic heterocycles. The first kappa shape index (κ1) is 32.3. The van der Waals surface area contributed by atoms with Crippen molar-refractivity contribution in [3.05, 3.63) is 83.6 Å². The number of morpholine rings is 1. The number of nitrogens with one attached hydrogen (secondary N) is 2. The zero-order valence-corrected chi connectivity index (χ0v) is 29.0. The zero-order chi connectivity index (χ0) is 30.2. The highest BCUT2D eigenvalue weighted by molar-refractivity contribution is 9.11. The summed E-state index contributed by atoms with van der Waals surface area (Å²) in [4.78, 5) is 28.1. The zero-order valence-electron chi connectivity index (χ0n) is 22.7. The number of rotatable bonds is 9. The molecule has 1 aliphatic rings. The number of methoxy groups -OCH3 is 2. The highest BCUT2D eigenvalue weighted by atomic mass is 79.9. The summed E-state index contributed by atoms with van der Waals surface area (Å²) in [6.45, 7) is 2.54. The second-order valence-corrected chi connectivity index (χ2v) is 12.5. The second-order valence-electron chi connectivity index (χ2n) is 9.00. The lowest BCUT2D eigenvalue weighted by Gasteiger charge is -2.30. The lowest BCUT2D eigenvalue weighted by Crippen LogP contribution is -2.36. The number of hydrogen-bond acceptors (Lipinski definition) is 6. The first-order valence-electron chi connectivity index (χ1n) is 12.7. The van der Waals surface area contributed by atoms with E-state index < -0.39 is 0 Å². The van der Waals surface area contributed by atoms with Gasteiger partial charge in [-0.05, 0) is 86.5 Å². The smallest absolute Gasteiger partial charge is 0.248 e. The van der Waals surface area contributed by atoms with Gasteiger partial charge >= 0.3 is 0 Å². The van der Waals surface area contributed by atoms with Gasteiger partial charge in [0.15, 0.2) is 0 Å². The predicted octanol–water partition coefficient (Wildman–Crippen LogP) is 7.89. The van der Waals surface area contributed by atoms with Gasteiger partial charge in [0.05, 0.1) is 47.8 Å². The third-order valence-electron chi connectivity index (χ3n) is 6.18. The molecule has 0 unspecified atom stereocenters. The fourth-order valence-corrected chi connectivity index (χ4v) is 7.16. The van der Waals surface area contributed by atoms with E-state index in [4.69, 9.17) is 14.2 Å². The Morgan fingerprint density at radius 1 is 0.786 bits per heavy atom. The maximum absolute atomic E-state index is 13.1. The fraction of sp³-hybridized carbons (Fsp3) is 0.200. The van der Waals surface area contributed by atoms with Crippen LogP contribution in [0.25, 0.3) is 12.2 Å². The third-order valence-corrected chi connectivity index (χ3v) is 8.28. The van der Waals surface area contributed by atoms with Crippen molar-refractivity contribution in [1.82, 2.24) is 0 Å². The first-order chi connectivity index (χ1) is 20.2. The van der Waals surface area contributed by atoms with Crippen LogP contribution in [-0.4, -0.2) is 52.3 Å². The van der Waals surface area contributed by atoms with Crippen LogP contribution in [0.4, 0.5) is 17.1 Å². The van der Waals surface area contributed by atoms with Crippen LogP contribution in [-0.2, 0) is 14.3 Å². The van der Waals surface area contributed by atoms with Gasteiger partial charge in [0, 0.05) is 51.0 Å². The van der Waals surface area contributed by atoms with E-state index >= 15 is 0 Å². The Labute approximate surface area is 278 Å². The van der Waals surface area contributed by atoms with Gasteiger partial charge in [-0.2, -0.15) is 0 Å². The highest BCUT2D eigenvalue weighted by Gasteiger charge is 2.17. The van der Waals surface area contributed by atoms with Crippen LogP contribution in [0, 0.1) is 0 Å². The molecule has 1 saturated heterocycles. The molecule has 3 aromatic rings. The average molecular weight is 829 g/mol. The fourth-order valence-electron chi connectivity index (χ4n) is 4.32. The highest BCUT2D eigenvalue weighted by Crippen LogP contribution is 2.35. The molecule has 220 valence electrons. The Kier molecular flexibility index (Phi) is 11.7. The van der Waals surface area contributed by atoms with Crippen molar-refractivity contribution in [3.8, 4) is 11.5 Å². The van der Waals surface area contributed by atoms with Crippen molar-refractivity contribution in [2.24, 2.45) is 0 Å². The van der Waals surface area contributed by atoms with Gasteiger partial charge in [-0.25, -0.2) is 0 Å². The van der Waals surface area contributed by atoms with Gasteiger partial charge < -0.3 is 29.7 Å². The van der Waals surface area contributed by atoms with Gasteiger partial charge in [-0.15, -0.1) is 0 Å². The topological polar surface area (TPSA) is 89.1 Å². The van der Waals surface area contributed by atoms with Crippen LogP contribution in [0.3, 0.4) is 0 Å². The molecule has 1 heterocycles. The molecule has 12 heteroatoms. The number of amides is 2. The monoisotopic (exact) mass is 825 g/mol. The van der Waals surface area contributed by atoms with E-state index in [1.165, 1.54) is 12.2 Å². The van der Waals surface area contributed by atoms with Crippen molar-refractivity contribution >= 4 is 105 Å². The van der Waals surface area contributed by atoms with Crippen molar-refractivity contribution in [1.29, 1.82) is 0 Å². The molecule has 0 spiro atoms. The minimum absolute atomic E-state index is 0.335. The number of benzene rings is 3. The van der Waals surface area contributed by atoms with E-state index in [1.54, 1.807) is 32.4 Å². The van der Waals surface area contributed by atoms with Crippen molar-refractivity contribution in [2.75, 3.05) is 56.1 Å². The van der Waals surface area contributed by atoms with Crippen molar-refractivity contribution in [3.63, 3.8) is 0 Å². The summed E-state index contributed by atoms with van der Waals surface area (Å²) in [6.07, 6.45) is 6.23. The molecule has 0 atom stereocenters. The number of hydrogen-bond donors (Lipinski definition) is 2. The summed E-state index contributed by atoms with van der Waals surface area (Å²) in [5.74, 6) is 0.556. The minimum atomic E-state index is -0.336. The van der Waals surface area contributed by atoms with E-state index in [0.29, 0.717) is 49.2 Å². The number of ether oxygens (including phenoxy) is 3. The molecule has 0 bridgehead atoms. The van der Waals surface area contributed by atoms with Crippen molar-refractivity contribution in [2.45, 2.75) is 0 Å². The van der Waals surface area contributed by atoms with E-state index in [9.17, 15) is 9.59 Å². The molecule has 1 fully saturated rings. The van der Waals surface area contributed by atoms with E-state index in [1.807, 2.05) is 36.4 Å². The number of halogens is 4. The molecule has 0 saturated carbocycles. The summed E-state index contributed by atoms with van der Waals surface area (Å²) in [5.41, 5.74) is 3.38. The van der Waals surface area contributed by atoms with Gasteiger partial charge in [-0.1, -0.05) is 31.9 Å². The molecular formula is C30H27Br4N3O5. The lowest BCUT2D eigenvalue weighted by atomic mass is 10.1. The number of carbonyl (C=O) groups excluding carboxylic acids is 2. The molecule has 3 aromatic carbocycles. The molecule has 0 aliphatic carbocycles. The van der Waals surface area contributed by atoms with Crippen LogP contribution < -0.4 is 25.0 Å². The number of nitrogens with zero attached hydrogens (tertiary/aromatic N) is 1. The molecule has 1 aliphatic heterocycles. The van der Waals surface area contributed by atoms with E-state index in [-0.39, 0.29) is 11.8 Å². The number of carbonyl (C=O) groups is 2. The maximum atomic E-state index is 13.1. The van der Waals surface area contributed by atoms with Crippen molar-refractivity contribution < 1.29 is 23.8 Å². The van der Waals surface area contributed by atoms with E-state index in [2.05, 4.69) is 79.3 Å². The Balaban J connectivity index is 1.56. The lowest BCUT2D eigenvalue weighted by molar-refractivity contribution is -0.112. The van der Waals surface area contributed by atoms with Gasteiger partial charge in [-0.3, -0.25) is 9.59 Å². The summed E-state index contributed by atoms with van der Waals surface area (Å²) in [7, 11) is 3.14. The quantitative estimate of drug-likeness (QED) is 0.214. The predicted molar refractivity (Wildman–Crippen MR) is 182 cm³/mol. The van der Waals surface area contributed by atoms with Crippen LogP contribution in [0.2, 0.25) is 0 Å². The Morgan fingerprint density at radius 3 is 1.83 bits per heavy atom. The van der Waals surface area contributed by atoms with E-state index in [0.717, 1.165) is 34.7 Å². The third kappa shape index (κ3) is 8.47. The molecule has 0 radical (unpaired) electrons. The Morgan fingerprint density at radius 2 is 1.31 bits per heavy atom. The SMILES string of the molecule is COc1c(Br)cc(Br)cc1/C=C/C(=O)Nc1ccc(N2CCOCC2)c(NC(=O)/C=C/c2cc(Br)cc(Br)c2OC)c1. The average Bonchev–Trinajstić information content (AvgIpc) is 2.95. The first-order valence-corrected chi connectivity index (χ1v) is 15.9. The Hall–Kier alpha value is -2.64. The summed E-state index contributed by atoms with van der Waals surface area (Å²) in [6, 6.07) is 12.9. The number of anilines is 3. The molecule has 4 rings (SSSR count). The summed E-state index contributed by atoms with van der Waals surface area (Å²) in [5, 5.41) is 5.85. The standard InChI is InChI=1S/C30H27Br4N3O5/c1-40-29-18(13-20(31)15-23(29)33)3-7-27(38)35-22-5-6-26(37-9-11-42-12-10-37)25(17-22)36-28(39)8-4-19-14-21(32)16-24(34)30(19)41-2/h3-8,13-17H,9-12H2,1-2H3,(H,35,38)(H,36,39)/b7-3+,8-4+. The molecule has 42 heavy (non-hydrogen) atoms. The summed E-state index contributed by atoms with van der Waals surface area (Å²) >= 11 is 13.9. The maximum Gasteiger partial charge on any atom is 0.248 e. The molecular weight excluding hydrogens is 802 g/mol. The van der Waals surface area contributed by atoms with Crippen LogP contribution >= 0.6 is 63.7 Å². The molecule has 2 N–H and O–H groups in total. The summed E-state index contributed by atoms with van der Waals surface area (Å²) < 4.78 is 19.6. The normalized spacial score (nSPS) is 13.4. The van der Waals surface area contributed by atoms with Crippen LogP contribution in [0.1, 0.15) is 11.1 Å². The van der Waals surface area contributed by atoms with Gasteiger partial charge in [0.1, 0.15) is 11.5 Å². The molecule has 8 nitrogen and oxygen atoms in total. The van der Waals surface area contributed by atoms with Gasteiger partial charge in [0.2, 0.25) is 11.8 Å². The minimum Gasteiger partial charge on any atom is -0.495 e. The Bertz CT molecular complexity index is 1540. The largest absolute Gasteiger partial charge is 0.495 e. The second kappa shape index (κ2) is 15.2. The van der Waals surface area contributed by atoms with Gasteiger partial charge in [0.25, 0.3) is 0 Å². The van der Waals surface area contributed by atoms with Crippen LogP contribution in [0.15, 0.2) is 72.5 Å². The molecule has 2 amide bonds.